The quantitative estimate of drug-likeness (QED) is 0.170. The van der Waals surface area contributed by atoms with Gasteiger partial charge < -0.3 is 0 Å². The van der Waals surface area contributed by atoms with E-state index in [-0.39, 0.29) is 47.0 Å². The van der Waals surface area contributed by atoms with Gasteiger partial charge in [0.15, 0.2) is 0 Å². The Morgan fingerprint density at radius 1 is 0.620 bits per heavy atom. The van der Waals surface area contributed by atoms with Crippen LogP contribution in [0, 0.1) is 25.2 Å². The first kappa shape index (κ1) is 40.5. The van der Waals surface area contributed by atoms with E-state index in [4.69, 9.17) is 4.21 Å². The van der Waals surface area contributed by atoms with Gasteiger partial charge in [-0.15, -0.1) is 24.8 Å². The summed E-state index contributed by atoms with van der Waals surface area (Å²) < 4.78 is 12.0. The van der Waals surface area contributed by atoms with Crippen molar-refractivity contribution in [2.45, 2.75) is 107 Å². The van der Waals surface area contributed by atoms with Gasteiger partial charge in [0.25, 0.3) is 0 Å². The number of hydrogen-bond donors (Lipinski definition) is 0. The van der Waals surface area contributed by atoms with Crippen LogP contribution >= 0.6 is 24.8 Å². The molecule has 4 aromatic rings. The van der Waals surface area contributed by atoms with Gasteiger partial charge in [-0.25, -0.2) is 0 Å². The molecule has 0 saturated carbocycles. The first-order valence-electron chi connectivity index (χ1n) is 18.1. The van der Waals surface area contributed by atoms with Gasteiger partial charge in [-0.2, -0.15) is 0 Å². The summed E-state index contributed by atoms with van der Waals surface area (Å²) in [5.74, 6) is 0.282. The maximum atomic E-state index is 5.96. The third-order valence-electron chi connectivity index (χ3n) is 11.8. The van der Waals surface area contributed by atoms with Crippen LogP contribution in [0.15, 0.2) is 99.4 Å². The summed E-state index contributed by atoms with van der Waals surface area (Å²) >= 11 is -5.10. The minimum atomic E-state index is -5.10. The molecule has 0 spiro atoms. The average Bonchev–Trinajstić information content (AvgIpc) is 3.52. The number of aryl methyl sites for hydroxylation is 2. The van der Waals surface area contributed by atoms with Gasteiger partial charge in [-0.05, 0) is 0 Å². The Balaban J connectivity index is 0.00000281. The molecule has 1 unspecified atom stereocenters. The molecule has 266 valence electrons. The molecule has 0 bridgehead atoms. The molecule has 0 fully saturated rings. The molecule has 3 heteroatoms. The molecule has 2 aliphatic rings. The molecule has 6 rings (SSSR count). The van der Waals surface area contributed by atoms with Crippen molar-refractivity contribution < 1.29 is 18.3 Å². The van der Waals surface area contributed by atoms with Crippen molar-refractivity contribution in [2.75, 3.05) is 0 Å². The molecule has 0 amide bonds. The van der Waals surface area contributed by atoms with Crippen LogP contribution in [0.4, 0.5) is 0 Å². The molecular formula is C47H60Cl2Zr. The van der Waals surface area contributed by atoms with Crippen molar-refractivity contribution in [1.29, 1.82) is 0 Å². The van der Waals surface area contributed by atoms with Crippen LogP contribution in [0.1, 0.15) is 110 Å². The fourth-order valence-corrected chi connectivity index (χ4v) is 28.1. The number of allylic oxidation sites excluding steroid dienone is 4. The van der Waals surface area contributed by atoms with Gasteiger partial charge in [0.1, 0.15) is 0 Å². The van der Waals surface area contributed by atoms with Crippen molar-refractivity contribution in [3.05, 3.63) is 133 Å². The molecule has 4 aromatic carbocycles. The average molecular weight is 787 g/mol. The van der Waals surface area contributed by atoms with Gasteiger partial charge in [-0.3, -0.25) is 0 Å². The second-order valence-corrected chi connectivity index (χ2v) is 31.0. The van der Waals surface area contributed by atoms with Crippen molar-refractivity contribution in [3.63, 3.8) is 0 Å². The summed E-state index contributed by atoms with van der Waals surface area (Å²) in [5, 5.41) is 0. The molecule has 0 radical (unpaired) electrons. The normalized spacial score (nSPS) is 16.4. The van der Waals surface area contributed by atoms with E-state index < -0.39 is 18.3 Å². The van der Waals surface area contributed by atoms with E-state index in [1.165, 1.54) is 62.2 Å². The summed E-state index contributed by atoms with van der Waals surface area (Å²) in [6.45, 7) is 30.7. The van der Waals surface area contributed by atoms with Crippen LogP contribution in [0.25, 0.3) is 11.1 Å². The van der Waals surface area contributed by atoms with E-state index in [2.05, 4.69) is 175 Å². The Kier molecular flexibility index (Phi) is 10.7. The van der Waals surface area contributed by atoms with Crippen LogP contribution in [0.3, 0.4) is 0 Å². The Hall–Kier alpha value is -2.31. The van der Waals surface area contributed by atoms with E-state index in [0.29, 0.717) is 0 Å². The fourth-order valence-electron chi connectivity index (χ4n) is 9.42. The summed E-state index contributed by atoms with van der Waals surface area (Å²) in [6.07, 6.45) is 3.54. The van der Waals surface area contributed by atoms with Crippen molar-refractivity contribution >= 4 is 38.8 Å². The molecule has 50 heavy (non-hydrogen) atoms. The zero-order valence-corrected chi connectivity index (χ0v) is 37.0. The van der Waals surface area contributed by atoms with Gasteiger partial charge in [0.2, 0.25) is 0 Å². The topological polar surface area (TPSA) is 0 Å². The molecule has 0 nitrogen and oxygen atoms in total. The molecular weight excluding hydrogens is 727 g/mol. The number of benzene rings is 4. The monoisotopic (exact) mass is 784 g/mol. The van der Waals surface area contributed by atoms with Crippen LogP contribution < -0.4 is 9.81 Å². The fraction of sp³-hybridized carbons (Fsp3) is 0.383. The summed E-state index contributed by atoms with van der Waals surface area (Å²) in [5.41, 5.74) is 14.3. The van der Waals surface area contributed by atoms with E-state index in [0.717, 1.165) is 6.42 Å². The Bertz CT molecular complexity index is 2020. The molecule has 1 atom stereocenters. The molecule has 0 N–H and O–H groups in total. The Morgan fingerprint density at radius 2 is 1.12 bits per heavy atom. The van der Waals surface area contributed by atoms with E-state index >= 15 is 0 Å². The van der Waals surface area contributed by atoms with Crippen molar-refractivity contribution in [2.24, 2.45) is 11.3 Å². The standard InChI is InChI=1S/C21H25.C11H17.2C7H7.CH2.2ClH.Zr/c1-20(2,3)16-7-9-18-14(12-16)11-15-13-17(21(4,5)6)8-10-19(15)18;1-8-6-9(2)10(7-8)11(3,4)5;2*1-7-5-3-2-4-6-7;;;;/h7-10,12H,11H2,1-6H3;7-8H,1-5H3;2*3-6H,1H3;1H2;2*1H;. The third kappa shape index (κ3) is 6.16. The van der Waals surface area contributed by atoms with Gasteiger partial charge in [0.05, 0.1) is 0 Å². The number of hydrogen-bond acceptors (Lipinski definition) is 0. The van der Waals surface area contributed by atoms with Crippen LogP contribution in [0.5, 0.6) is 0 Å². The summed E-state index contributed by atoms with van der Waals surface area (Å²) in [4.78, 5) is 0. The minimum absolute atomic E-state index is 0. The Morgan fingerprint density at radius 3 is 1.56 bits per heavy atom. The first-order chi connectivity index (χ1) is 22.2. The Labute approximate surface area is 317 Å². The molecule has 0 saturated heterocycles. The van der Waals surface area contributed by atoms with Crippen molar-refractivity contribution in [3.8, 4) is 11.1 Å². The number of fused-ring (bicyclic) bond motifs is 3. The van der Waals surface area contributed by atoms with Crippen LogP contribution in [0.2, 0.25) is 0 Å². The van der Waals surface area contributed by atoms with Crippen LogP contribution in [-0.2, 0) is 35.5 Å². The van der Waals surface area contributed by atoms with Crippen LogP contribution in [-0.4, -0.2) is 4.21 Å². The zero-order valence-electron chi connectivity index (χ0n) is 32.9. The molecule has 0 aromatic heterocycles. The predicted octanol–water partition coefficient (Wildman–Crippen LogP) is 11.6. The second-order valence-electron chi connectivity index (χ2n) is 18.4. The molecule has 0 aliphatic heterocycles. The van der Waals surface area contributed by atoms with E-state index in [1.54, 1.807) is 6.55 Å². The van der Waals surface area contributed by atoms with Crippen molar-refractivity contribution in [1.82, 2.24) is 0 Å². The third-order valence-corrected chi connectivity index (χ3v) is 28.7. The van der Waals surface area contributed by atoms with Gasteiger partial charge in [-0.1, -0.05) is 0 Å². The van der Waals surface area contributed by atoms with E-state index in [9.17, 15) is 0 Å². The molecule has 2 aliphatic carbocycles. The molecule has 0 heterocycles. The predicted molar refractivity (Wildman–Crippen MR) is 224 cm³/mol. The maximum absolute atomic E-state index is 5.96. The number of halogens is 2. The first-order valence-corrected chi connectivity index (χ1v) is 24.7. The van der Waals surface area contributed by atoms with Gasteiger partial charge in [0, 0.05) is 0 Å². The SMILES string of the molecule is Cl.Cl.[CH2]=[Zr]([C]1=C(C)C(C(C)(C)C)=CC1C)([c]1ccc(C)cc1)([c]1ccc(C)cc1)[c]1c(C(C)(C)C)ccc2c1Cc1cc(C(C)(C)C)ccc1-2. The number of rotatable bonds is 4. The van der Waals surface area contributed by atoms with E-state index in [1.807, 2.05) is 0 Å². The summed E-state index contributed by atoms with van der Waals surface area (Å²) in [6, 6.07) is 31.5. The summed E-state index contributed by atoms with van der Waals surface area (Å²) in [7, 11) is 0. The van der Waals surface area contributed by atoms with Gasteiger partial charge >= 0.3 is 295 Å². The second kappa shape index (κ2) is 13.3. The zero-order chi connectivity index (χ0) is 35.2.